The molecule has 0 amide bonds. The van der Waals surface area contributed by atoms with E-state index < -0.39 is 8.07 Å². The molecule has 1 atom stereocenters. The van der Waals surface area contributed by atoms with Gasteiger partial charge in [-0.25, -0.2) is 0 Å². The van der Waals surface area contributed by atoms with Crippen molar-refractivity contribution < 1.29 is 0 Å². The summed E-state index contributed by atoms with van der Waals surface area (Å²) >= 11 is 0. The molecule has 1 aliphatic carbocycles. The van der Waals surface area contributed by atoms with E-state index in [1.807, 2.05) is 5.20 Å². The van der Waals surface area contributed by atoms with Crippen molar-refractivity contribution in [1.82, 2.24) is 0 Å². The van der Waals surface area contributed by atoms with Crippen LogP contribution in [0.25, 0.3) is 0 Å². The zero-order valence-corrected chi connectivity index (χ0v) is 14.7. The normalized spacial score (nSPS) is 21.9. The highest BCUT2D eigenvalue weighted by Crippen LogP contribution is 2.49. The second-order valence-corrected chi connectivity index (χ2v) is 13.1. The number of hydrogen-bond donors (Lipinski definition) is 0. The molecular formula is C17H34Si. The van der Waals surface area contributed by atoms with E-state index in [2.05, 4.69) is 54.5 Å². The van der Waals surface area contributed by atoms with E-state index in [0.717, 1.165) is 22.5 Å². The topological polar surface area (TPSA) is 0 Å². The van der Waals surface area contributed by atoms with Gasteiger partial charge in [-0.15, -0.1) is 0 Å². The minimum absolute atomic E-state index is 0.877. The van der Waals surface area contributed by atoms with Crippen LogP contribution >= 0.6 is 0 Å². The second kappa shape index (κ2) is 6.41. The van der Waals surface area contributed by atoms with Gasteiger partial charge in [0.2, 0.25) is 0 Å². The van der Waals surface area contributed by atoms with Crippen LogP contribution in [-0.2, 0) is 0 Å². The SMILES string of the molecule is CCC1CC=C([Si](C(C)C)(C(C)C)C(C)C)CC1. The summed E-state index contributed by atoms with van der Waals surface area (Å²) in [6.07, 6.45) is 8.24. The summed E-state index contributed by atoms with van der Waals surface area (Å²) in [5.74, 6) is 0.965. The van der Waals surface area contributed by atoms with Crippen molar-refractivity contribution >= 4 is 8.07 Å². The molecule has 1 heteroatoms. The predicted octanol–water partition coefficient (Wildman–Crippen LogP) is 6.34. The van der Waals surface area contributed by atoms with Crippen LogP contribution < -0.4 is 0 Å². The fourth-order valence-corrected chi connectivity index (χ4v) is 12.0. The maximum atomic E-state index is 2.67. The molecule has 0 saturated carbocycles. The van der Waals surface area contributed by atoms with Gasteiger partial charge < -0.3 is 0 Å². The first-order valence-electron chi connectivity index (χ1n) is 8.06. The Kier molecular flexibility index (Phi) is 5.70. The Morgan fingerprint density at radius 1 is 1.06 bits per heavy atom. The van der Waals surface area contributed by atoms with Gasteiger partial charge in [-0.05, 0) is 41.8 Å². The zero-order chi connectivity index (χ0) is 13.9. The fraction of sp³-hybridized carbons (Fsp3) is 0.882. The summed E-state index contributed by atoms with van der Waals surface area (Å²) in [5.41, 5.74) is 2.63. The third-order valence-corrected chi connectivity index (χ3v) is 12.8. The van der Waals surface area contributed by atoms with Crippen LogP contribution in [0.5, 0.6) is 0 Å². The maximum absolute atomic E-state index is 2.67. The monoisotopic (exact) mass is 266 g/mol. The summed E-state index contributed by atoms with van der Waals surface area (Å²) in [5, 5.41) is 1.91. The Hall–Kier alpha value is -0.0431. The van der Waals surface area contributed by atoms with Crippen LogP contribution in [0.3, 0.4) is 0 Å². The molecule has 0 aliphatic heterocycles. The van der Waals surface area contributed by atoms with Gasteiger partial charge in [0.25, 0.3) is 0 Å². The molecule has 0 radical (unpaired) electrons. The van der Waals surface area contributed by atoms with Crippen LogP contribution in [0.15, 0.2) is 11.3 Å². The van der Waals surface area contributed by atoms with Gasteiger partial charge in [-0.1, -0.05) is 66.2 Å². The lowest BCUT2D eigenvalue weighted by Gasteiger charge is -2.47. The van der Waals surface area contributed by atoms with Gasteiger partial charge in [0.05, 0.1) is 8.07 Å². The molecule has 0 nitrogen and oxygen atoms in total. The quantitative estimate of drug-likeness (QED) is 0.509. The predicted molar refractivity (Wildman–Crippen MR) is 86.8 cm³/mol. The summed E-state index contributed by atoms with van der Waals surface area (Å²) in [7, 11) is -1.31. The number of allylic oxidation sites excluding steroid dienone is 2. The van der Waals surface area contributed by atoms with Crippen molar-refractivity contribution in [2.45, 2.75) is 90.8 Å². The maximum Gasteiger partial charge on any atom is 0.0886 e. The molecule has 1 rings (SSSR count). The third kappa shape index (κ3) is 2.76. The average Bonchev–Trinajstić information content (AvgIpc) is 2.29. The van der Waals surface area contributed by atoms with Crippen molar-refractivity contribution in [3.8, 4) is 0 Å². The van der Waals surface area contributed by atoms with Crippen molar-refractivity contribution in [2.75, 3.05) is 0 Å². The summed E-state index contributed by atoms with van der Waals surface area (Å²) < 4.78 is 0. The van der Waals surface area contributed by atoms with Crippen molar-refractivity contribution in [3.63, 3.8) is 0 Å². The molecule has 0 spiro atoms. The van der Waals surface area contributed by atoms with E-state index in [1.165, 1.54) is 25.7 Å². The molecular weight excluding hydrogens is 232 g/mol. The highest BCUT2D eigenvalue weighted by Gasteiger charge is 2.45. The summed E-state index contributed by atoms with van der Waals surface area (Å²) in [6.45, 7) is 17.3. The van der Waals surface area contributed by atoms with Gasteiger partial charge in [0.15, 0.2) is 0 Å². The first-order valence-corrected chi connectivity index (χ1v) is 10.3. The third-order valence-electron chi connectivity index (χ3n) is 5.52. The highest BCUT2D eigenvalue weighted by molar-refractivity contribution is 6.89. The van der Waals surface area contributed by atoms with Crippen molar-refractivity contribution in [2.24, 2.45) is 5.92 Å². The smallest absolute Gasteiger partial charge is 0.0886 e. The molecule has 0 bridgehead atoms. The van der Waals surface area contributed by atoms with Gasteiger partial charge in [-0.2, -0.15) is 0 Å². The zero-order valence-electron chi connectivity index (χ0n) is 13.7. The molecule has 106 valence electrons. The number of rotatable bonds is 5. The first-order chi connectivity index (χ1) is 8.37. The first kappa shape index (κ1) is 16.0. The lowest BCUT2D eigenvalue weighted by molar-refractivity contribution is 0.459. The molecule has 0 aromatic rings. The highest BCUT2D eigenvalue weighted by atomic mass is 28.3. The van der Waals surface area contributed by atoms with E-state index in [1.54, 1.807) is 0 Å². The summed E-state index contributed by atoms with van der Waals surface area (Å²) in [6, 6.07) is 0. The van der Waals surface area contributed by atoms with Crippen LogP contribution in [0.4, 0.5) is 0 Å². The Morgan fingerprint density at radius 3 is 1.83 bits per heavy atom. The van der Waals surface area contributed by atoms with Crippen molar-refractivity contribution in [1.29, 1.82) is 0 Å². The standard InChI is InChI=1S/C17H34Si/c1-8-16-9-11-17(12-10-16)18(13(2)3,14(4)5)15(6)7/h11,13-16H,8-10,12H2,1-7H3. The second-order valence-electron chi connectivity index (χ2n) is 7.18. The van der Waals surface area contributed by atoms with Crippen molar-refractivity contribution in [3.05, 3.63) is 11.3 Å². The van der Waals surface area contributed by atoms with E-state index in [0.29, 0.717) is 0 Å². The van der Waals surface area contributed by atoms with E-state index in [-0.39, 0.29) is 0 Å². The molecule has 0 aromatic heterocycles. The Labute approximate surface area is 116 Å². The minimum Gasteiger partial charge on any atom is -0.0888 e. The molecule has 0 N–H and O–H groups in total. The fourth-order valence-electron chi connectivity index (χ4n) is 4.76. The largest absolute Gasteiger partial charge is 0.0888 e. The van der Waals surface area contributed by atoms with Crippen LogP contribution in [0.2, 0.25) is 16.6 Å². The summed E-state index contributed by atoms with van der Waals surface area (Å²) in [4.78, 5) is 0. The van der Waals surface area contributed by atoms with Gasteiger partial charge >= 0.3 is 0 Å². The molecule has 1 aliphatic rings. The molecule has 18 heavy (non-hydrogen) atoms. The van der Waals surface area contributed by atoms with Gasteiger partial charge in [0.1, 0.15) is 0 Å². The molecule has 1 unspecified atom stereocenters. The minimum atomic E-state index is -1.31. The van der Waals surface area contributed by atoms with Gasteiger partial charge in [-0.3, -0.25) is 0 Å². The van der Waals surface area contributed by atoms with E-state index in [4.69, 9.17) is 0 Å². The van der Waals surface area contributed by atoms with E-state index >= 15 is 0 Å². The van der Waals surface area contributed by atoms with Crippen LogP contribution in [-0.4, -0.2) is 8.07 Å². The molecule has 0 fully saturated rings. The lowest BCUT2D eigenvalue weighted by Crippen LogP contribution is -2.47. The lowest BCUT2D eigenvalue weighted by atomic mass is 9.92. The average molecular weight is 267 g/mol. The molecule has 0 heterocycles. The molecule has 0 saturated heterocycles. The Balaban J connectivity index is 3.08. The van der Waals surface area contributed by atoms with Crippen LogP contribution in [0, 0.1) is 5.92 Å². The Morgan fingerprint density at radius 2 is 1.56 bits per heavy atom. The van der Waals surface area contributed by atoms with Gasteiger partial charge in [0, 0.05) is 0 Å². The van der Waals surface area contributed by atoms with E-state index in [9.17, 15) is 0 Å². The Bertz CT molecular complexity index is 264. The number of hydrogen-bond acceptors (Lipinski definition) is 0. The molecule has 0 aromatic carbocycles. The van der Waals surface area contributed by atoms with Crippen LogP contribution in [0.1, 0.15) is 74.1 Å².